The minimum atomic E-state index is -0.143. The van der Waals surface area contributed by atoms with Crippen LogP contribution < -0.4 is 0 Å². The number of aromatic nitrogens is 4. The highest BCUT2D eigenvalue weighted by Crippen LogP contribution is 2.09. The van der Waals surface area contributed by atoms with E-state index in [1.165, 1.54) is 12.8 Å². The average Bonchev–Trinajstić information content (AvgIpc) is 3.38. The Balaban J connectivity index is 1.31. The van der Waals surface area contributed by atoms with E-state index >= 15 is 0 Å². The van der Waals surface area contributed by atoms with Crippen LogP contribution >= 0.6 is 0 Å². The van der Waals surface area contributed by atoms with Gasteiger partial charge in [-0.15, -0.1) is 0 Å². The molecule has 2 aromatic heterocycles. The van der Waals surface area contributed by atoms with Gasteiger partial charge in [0.2, 0.25) is 0 Å². The van der Waals surface area contributed by atoms with E-state index < -0.39 is 0 Å². The van der Waals surface area contributed by atoms with Crippen molar-refractivity contribution >= 4 is 11.9 Å². The first-order chi connectivity index (χ1) is 15.6. The highest BCUT2D eigenvalue weighted by molar-refractivity contribution is 5.69. The fraction of sp³-hybridized carbons (Fsp3) is 0.667. The van der Waals surface area contributed by atoms with Crippen molar-refractivity contribution < 1.29 is 19.1 Å². The van der Waals surface area contributed by atoms with Crippen molar-refractivity contribution in [3.8, 4) is 0 Å². The second-order valence-electron chi connectivity index (χ2n) is 8.11. The van der Waals surface area contributed by atoms with Crippen molar-refractivity contribution in [2.24, 2.45) is 0 Å². The number of esters is 2. The van der Waals surface area contributed by atoms with E-state index in [1.54, 1.807) is 12.4 Å². The highest BCUT2D eigenvalue weighted by Gasteiger charge is 2.06. The van der Waals surface area contributed by atoms with Gasteiger partial charge in [0.25, 0.3) is 0 Å². The lowest BCUT2D eigenvalue weighted by Gasteiger charge is -2.07. The van der Waals surface area contributed by atoms with Gasteiger partial charge in [-0.05, 0) is 26.7 Å². The van der Waals surface area contributed by atoms with Gasteiger partial charge in [0.05, 0.1) is 26.1 Å². The van der Waals surface area contributed by atoms with Crippen molar-refractivity contribution in [2.45, 2.75) is 91.1 Å². The maximum absolute atomic E-state index is 11.8. The number of carbonyl (C=O) groups is 2. The highest BCUT2D eigenvalue weighted by atomic mass is 16.5. The number of rotatable bonds is 17. The number of carbonyl (C=O) groups excluding carboxylic acids is 2. The van der Waals surface area contributed by atoms with Gasteiger partial charge in [0.1, 0.15) is 11.6 Å². The Kier molecular flexibility index (Phi) is 12.2. The van der Waals surface area contributed by atoms with E-state index in [0.29, 0.717) is 39.1 Å². The Labute approximate surface area is 191 Å². The fourth-order valence-corrected chi connectivity index (χ4v) is 3.48. The zero-order valence-corrected chi connectivity index (χ0v) is 19.6. The second kappa shape index (κ2) is 15.2. The van der Waals surface area contributed by atoms with Crippen LogP contribution in [-0.2, 0) is 32.2 Å². The molecular weight excluding hydrogens is 408 g/mol. The Morgan fingerprint density at radius 3 is 1.41 bits per heavy atom. The molecule has 0 radical (unpaired) electrons. The van der Waals surface area contributed by atoms with E-state index in [2.05, 4.69) is 9.97 Å². The molecule has 0 aliphatic heterocycles. The van der Waals surface area contributed by atoms with Gasteiger partial charge in [0, 0.05) is 37.9 Å². The molecule has 0 amide bonds. The molecule has 2 rings (SSSR count). The zero-order chi connectivity index (χ0) is 23.0. The molecule has 32 heavy (non-hydrogen) atoms. The van der Waals surface area contributed by atoms with Crippen LogP contribution in [0.1, 0.15) is 75.9 Å². The molecule has 0 aromatic carbocycles. The molecule has 8 heteroatoms. The molecule has 0 fully saturated rings. The van der Waals surface area contributed by atoms with Crippen LogP contribution in [0.5, 0.6) is 0 Å². The van der Waals surface area contributed by atoms with Crippen molar-refractivity contribution in [2.75, 3.05) is 13.2 Å². The lowest BCUT2D eigenvalue weighted by Crippen LogP contribution is -2.10. The molecule has 0 spiro atoms. The van der Waals surface area contributed by atoms with E-state index in [1.807, 2.05) is 35.4 Å². The average molecular weight is 447 g/mol. The first kappa shape index (κ1) is 25.6. The summed E-state index contributed by atoms with van der Waals surface area (Å²) in [5.74, 6) is 1.54. The molecule has 2 aromatic rings. The molecule has 0 saturated carbocycles. The lowest BCUT2D eigenvalue weighted by atomic mass is 10.1. The van der Waals surface area contributed by atoms with Gasteiger partial charge in [-0.2, -0.15) is 0 Å². The van der Waals surface area contributed by atoms with Gasteiger partial charge in [0.15, 0.2) is 0 Å². The number of nitrogens with zero attached hydrogens (tertiary/aromatic N) is 4. The van der Waals surface area contributed by atoms with Crippen LogP contribution in [0.2, 0.25) is 0 Å². The van der Waals surface area contributed by atoms with E-state index in [0.717, 1.165) is 50.2 Å². The predicted octanol–water partition coefficient (Wildman–Crippen LogP) is 4.38. The van der Waals surface area contributed by atoms with Crippen LogP contribution in [0.15, 0.2) is 24.8 Å². The summed E-state index contributed by atoms with van der Waals surface area (Å²) in [4.78, 5) is 31.8. The topological polar surface area (TPSA) is 88.2 Å². The van der Waals surface area contributed by atoms with Crippen molar-refractivity contribution in [1.29, 1.82) is 0 Å². The molecular formula is C24H38N4O4. The summed E-state index contributed by atoms with van der Waals surface area (Å²) >= 11 is 0. The standard InChI is InChI=1S/C24H38N4O4/c1-21-25-13-17-27(21)15-11-23(29)31-19-9-7-5-3-4-6-8-10-20-32-24(30)12-16-28-18-14-26-22(28)2/h13-14,17-18H,3-12,15-16,19-20H2,1-2H3. The Hall–Kier alpha value is -2.64. The third kappa shape index (κ3) is 10.6. The minimum Gasteiger partial charge on any atom is -0.466 e. The predicted molar refractivity (Wildman–Crippen MR) is 122 cm³/mol. The van der Waals surface area contributed by atoms with Crippen molar-refractivity contribution in [3.05, 3.63) is 36.4 Å². The fourth-order valence-electron chi connectivity index (χ4n) is 3.48. The van der Waals surface area contributed by atoms with Crippen molar-refractivity contribution in [3.63, 3.8) is 0 Å². The summed E-state index contributed by atoms with van der Waals surface area (Å²) in [5, 5.41) is 0. The molecule has 0 unspecified atom stereocenters. The Morgan fingerprint density at radius 2 is 1.06 bits per heavy atom. The molecule has 0 bridgehead atoms. The van der Waals surface area contributed by atoms with Gasteiger partial charge in [-0.25, -0.2) is 9.97 Å². The largest absolute Gasteiger partial charge is 0.466 e. The van der Waals surface area contributed by atoms with E-state index in [-0.39, 0.29) is 11.9 Å². The maximum atomic E-state index is 11.8. The maximum Gasteiger partial charge on any atom is 0.307 e. The van der Waals surface area contributed by atoms with Crippen LogP contribution in [-0.4, -0.2) is 44.3 Å². The van der Waals surface area contributed by atoms with Crippen LogP contribution in [0.3, 0.4) is 0 Å². The molecule has 0 aliphatic carbocycles. The quantitative estimate of drug-likeness (QED) is 0.265. The summed E-state index contributed by atoms with van der Waals surface area (Å²) in [6, 6.07) is 0. The van der Waals surface area contributed by atoms with Crippen LogP contribution in [0.25, 0.3) is 0 Å². The first-order valence-electron chi connectivity index (χ1n) is 11.8. The first-order valence-corrected chi connectivity index (χ1v) is 11.8. The third-order valence-electron chi connectivity index (χ3n) is 5.53. The minimum absolute atomic E-state index is 0.143. The molecule has 0 aliphatic rings. The third-order valence-corrected chi connectivity index (χ3v) is 5.53. The monoisotopic (exact) mass is 446 g/mol. The summed E-state index contributed by atoms with van der Waals surface area (Å²) in [6.07, 6.45) is 16.7. The van der Waals surface area contributed by atoms with Gasteiger partial charge < -0.3 is 18.6 Å². The number of hydrogen-bond acceptors (Lipinski definition) is 6. The molecule has 0 atom stereocenters. The summed E-state index contributed by atoms with van der Waals surface area (Å²) < 4.78 is 14.5. The summed E-state index contributed by atoms with van der Waals surface area (Å²) in [6.45, 7) is 6.10. The van der Waals surface area contributed by atoms with E-state index in [9.17, 15) is 9.59 Å². The lowest BCUT2D eigenvalue weighted by molar-refractivity contribution is -0.145. The summed E-state index contributed by atoms with van der Waals surface area (Å²) in [7, 11) is 0. The normalized spacial score (nSPS) is 10.9. The van der Waals surface area contributed by atoms with Crippen LogP contribution in [0, 0.1) is 13.8 Å². The summed E-state index contributed by atoms with van der Waals surface area (Å²) in [5.41, 5.74) is 0. The van der Waals surface area contributed by atoms with Gasteiger partial charge in [-0.1, -0.05) is 38.5 Å². The number of unbranched alkanes of at least 4 members (excludes halogenated alkanes) is 7. The Bertz CT molecular complexity index is 733. The zero-order valence-electron chi connectivity index (χ0n) is 19.6. The number of ether oxygens (including phenoxy) is 2. The van der Waals surface area contributed by atoms with Crippen molar-refractivity contribution in [1.82, 2.24) is 19.1 Å². The molecule has 2 heterocycles. The second-order valence-corrected chi connectivity index (χ2v) is 8.11. The SMILES string of the molecule is Cc1nccn1CCC(=O)OCCCCCCCCCCOC(=O)CCn1ccnc1C. The number of imidazole rings is 2. The molecule has 0 N–H and O–H groups in total. The molecule has 178 valence electrons. The van der Waals surface area contributed by atoms with E-state index in [4.69, 9.17) is 9.47 Å². The van der Waals surface area contributed by atoms with Crippen LogP contribution in [0.4, 0.5) is 0 Å². The number of hydrogen-bond donors (Lipinski definition) is 0. The molecule has 0 saturated heterocycles. The molecule has 8 nitrogen and oxygen atoms in total. The smallest absolute Gasteiger partial charge is 0.307 e. The Morgan fingerprint density at radius 1 is 0.688 bits per heavy atom. The van der Waals surface area contributed by atoms with Gasteiger partial charge in [-0.3, -0.25) is 9.59 Å². The number of aryl methyl sites for hydroxylation is 4. The van der Waals surface area contributed by atoms with Gasteiger partial charge >= 0.3 is 11.9 Å².